The average molecular weight is 251 g/mol. The minimum atomic E-state index is -0.240. The van der Waals surface area contributed by atoms with Gasteiger partial charge in [-0.25, -0.2) is 0 Å². The van der Waals surface area contributed by atoms with E-state index in [4.69, 9.17) is 11.6 Å². The smallest absolute Gasteiger partial charge is 0.251 e. The Morgan fingerprint density at radius 1 is 1.53 bits per heavy atom. The van der Waals surface area contributed by atoms with Crippen molar-refractivity contribution < 1.29 is 9.59 Å². The summed E-state index contributed by atoms with van der Waals surface area (Å²) in [6.07, 6.45) is 0.371. The van der Waals surface area contributed by atoms with Crippen LogP contribution in [0.25, 0.3) is 0 Å². The molecule has 0 aromatic heterocycles. The standard InChI is InChI=1S/C12H11ClN2O2/c1-7(13)6-14-12(17)9-3-2-8-5-11(16)15-10(8)4-9/h2-4H,1,5-6H2,(H,14,17)(H,15,16). The van der Waals surface area contributed by atoms with Crippen LogP contribution < -0.4 is 10.6 Å². The molecule has 0 saturated heterocycles. The summed E-state index contributed by atoms with van der Waals surface area (Å²) < 4.78 is 0. The van der Waals surface area contributed by atoms with Crippen LogP contribution in [0.15, 0.2) is 29.8 Å². The Balaban J connectivity index is 2.13. The Kier molecular flexibility index (Phi) is 3.15. The second-order valence-electron chi connectivity index (χ2n) is 3.80. The number of carbonyl (C=O) groups is 2. The molecule has 17 heavy (non-hydrogen) atoms. The molecule has 0 unspecified atom stereocenters. The zero-order chi connectivity index (χ0) is 12.4. The minimum Gasteiger partial charge on any atom is -0.347 e. The summed E-state index contributed by atoms with van der Waals surface area (Å²) in [5.74, 6) is -0.289. The largest absolute Gasteiger partial charge is 0.347 e. The predicted octanol–water partition coefficient (Wildman–Crippen LogP) is 1.66. The van der Waals surface area contributed by atoms with Crippen LogP contribution in [0.5, 0.6) is 0 Å². The molecule has 1 aromatic rings. The van der Waals surface area contributed by atoms with Crippen LogP contribution >= 0.6 is 11.6 Å². The number of carbonyl (C=O) groups excluding carboxylic acids is 2. The lowest BCUT2D eigenvalue weighted by Crippen LogP contribution is -2.24. The van der Waals surface area contributed by atoms with E-state index in [1.54, 1.807) is 18.2 Å². The van der Waals surface area contributed by atoms with Gasteiger partial charge in [0.25, 0.3) is 5.91 Å². The quantitative estimate of drug-likeness (QED) is 0.857. The molecule has 5 heteroatoms. The van der Waals surface area contributed by atoms with Gasteiger partial charge in [-0.3, -0.25) is 9.59 Å². The van der Waals surface area contributed by atoms with Crippen molar-refractivity contribution in [1.29, 1.82) is 0 Å². The molecular weight excluding hydrogens is 240 g/mol. The lowest BCUT2D eigenvalue weighted by Gasteiger charge is -2.05. The number of benzene rings is 1. The summed E-state index contributed by atoms with van der Waals surface area (Å²) in [6.45, 7) is 3.71. The Labute approximate surface area is 104 Å². The van der Waals surface area contributed by atoms with Crippen LogP contribution in [0.3, 0.4) is 0 Å². The lowest BCUT2D eigenvalue weighted by molar-refractivity contribution is -0.115. The lowest BCUT2D eigenvalue weighted by atomic mass is 10.1. The molecule has 4 nitrogen and oxygen atoms in total. The van der Waals surface area contributed by atoms with Gasteiger partial charge < -0.3 is 10.6 Å². The van der Waals surface area contributed by atoms with Gasteiger partial charge >= 0.3 is 0 Å². The SMILES string of the molecule is C=C(Cl)CNC(=O)c1ccc2c(c1)NC(=O)C2. The summed E-state index contributed by atoms with van der Waals surface area (Å²) in [6, 6.07) is 5.12. The van der Waals surface area contributed by atoms with E-state index in [0.29, 0.717) is 22.7 Å². The van der Waals surface area contributed by atoms with Gasteiger partial charge in [-0.15, -0.1) is 0 Å². The van der Waals surface area contributed by atoms with E-state index >= 15 is 0 Å². The molecule has 0 saturated carbocycles. The Morgan fingerprint density at radius 2 is 2.29 bits per heavy atom. The van der Waals surface area contributed by atoms with Crippen molar-refractivity contribution in [3.05, 3.63) is 40.9 Å². The van der Waals surface area contributed by atoms with Crippen molar-refractivity contribution in [3.63, 3.8) is 0 Å². The van der Waals surface area contributed by atoms with Gasteiger partial charge in [0.1, 0.15) is 0 Å². The first-order chi connectivity index (χ1) is 8.06. The molecule has 2 rings (SSSR count). The first kappa shape index (κ1) is 11.7. The van der Waals surface area contributed by atoms with Crippen LogP contribution in [0.2, 0.25) is 0 Å². The highest BCUT2D eigenvalue weighted by molar-refractivity contribution is 6.29. The molecule has 1 aromatic carbocycles. The second kappa shape index (κ2) is 4.59. The van der Waals surface area contributed by atoms with Crippen LogP contribution in [0, 0.1) is 0 Å². The van der Waals surface area contributed by atoms with Crippen LogP contribution in [-0.4, -0.2) is 18.4 Å². The number of hydrogen-bond donors (Lipinski definition) is 2. The molecule has 0 spiro atoms. The van der Waals surface area contributed by atoms with Gasteiger partial charge in [0.05, 0.1) is 13.0 Å². The van der Waals surface area contributed by atoms with E-state index in [9.17, 15) is 9.59 Å². The average Bonchev–Trinajstić information content (AvgIpc) is 2.64. The molecule has 2 amide bonds. The molecule has 0 radical (unpaired) electrons. The number of amides is 2. The molecule has 0 fully saturated rings. The number of rotatable bonds is 3. The first-order valence-electron chi connectivity index (χ1n) is 5.10. The number of halogens is 1. The summed E-state index contributed by atoms with van der Waals surface area (Å²) in [7, 11) is 0. The predicted molar refractivity (Wildman–Crippen MR) is 66.1 cm³/mol. The normalized spacial score (nSPS) is 12.9. The third kappa shape index (κ3) is 2.65. The van der Waals surface area contributed by atoms with Crippen molar-refractivity contribution in [2.75, 3.05) is 11.9 Å². The maximum atomic E-state index is 11.7. The molecule has 1 aliphatic heterocycles. The molecule has 2 N–H and O–H groups in total. The van der Waals surface area contributed by atoms with Gasteiger partial charge in [0.15, 0.2) is 0 Å². The van der Waals surface area contributed by atoms with E-state index in [0.717, 1.165) is 5.56 Å². The Morgan fingerprint density at radius 3 is 3.00 bits per heavy atom. The third-order valence-corrected chi connectivity index (χ3v) is 2.57. The van der Waals surface area contributed by atoms with Crippen molar-refractivity contribution in [3.8, 4) is 0 Å². The molecule has 1 heterocycles. The van der Waals surface area contributed by atoms with E-state index in [2.05, 4.69) is 17.2 Å². The monoisotopic (exact) mass is 250 g/mol. The van der Waals surface area contributed by atoms with E-state index in [-0.39, 0.29) is 18.4 Å². The van der Waals surface area contributed by atoms with Crippen molar-refractivity contribution in [1.82, 2.24) is 5.32 Å². The van der Waals surface area contributed by atoms with Crippen molar-refractivity contribution in [2.45, 2.75) is 6.42 Å². The van der Waals surface area contributed by atoms with Gasteiger partial charge in [0.2, 0.25) is 5.91 Å². The fourth-order valence-electron chi connectivity index (χ4n) is 1.63. The maximum absolute atomic E-state index is 11.7. The summed E-state index contributed by atoms with van der Waals surface area (Å²) in [5, 5.41) is 5.68. The molecule has 88 valence electrons. The highest BCUT2D eigenvalue weighted by atomic mass is 35.5. The topological polar surface area (TPSA) is 58.2 Å². The molecule has 0 bridgehead atoms. The van der Waals surface area contributed by atoms with Gasteiger partial charge in [0, 0.05) is 16.3 Å². The number of nitrogens with one attached hydrogen (secondary N) is 2. The molecular formula is C12H11ClN2O2. The zero-order valence-electron chi connectivity index (χ0n) is 9.05. The first-order valence-corrected chi connectivity index (χ1v) is 5.48. The van der Waals surface area contributed by atoms with E-state index in [1.165, 1.54) is 0 Å². The molecule has 1 aliphatic rings. The highest BCUT2D eigenvalue weighted by Gasteiger charge is 2.18. The van der Waals surface area contributed by atoms with Crippen molar-refractivity contribution >= 4 is 29.1 Å². The Hall–Kier alpha value is -1.81. The minimum absolute atomic E-state index is 0.0494. The van der Waals surface area contributed by atoms with E-state index < -0.39 is 0 Å². The fourth-order valence-corrected chi connectivity index (χ4v) is 1.70. The summed E-state index contributed by atoms with van der Waals surface area (Å²) in [4.78, 5) is 22.9. The van der Waals surface area contributed by atoms with Gasteiger partial charge in [-0.2, -0.15) is 0 Å². The van der Waals surface area contributed by atoms with Crippen molar-refractivity contribution in [2.24, 2.45) is 0 Å². The van der Waals surface area contributed by atoms with Gasteiger partial charge in [-0.1, -0.05) is 24.2 Å². The Bertz CT molecular complexity index is 511. The van der Waals surface area contributed by atoms with Crippen LogP contribution in [0.4, 0.5) is 5.69 Å². The summed E-state index contributed by atoms with van der Waals surface area (Å²) >= 11 is 5.56. The zero-order valence-corrected chi connectivity index (χ0v) is 9.80. The maximum Gasteiger partial charge on any atom is 0.251 e. The van der Waals surface area contributed by atoms with Crippen LogP contribution in [0.1, 0.15) is 15.9 Å². The van der Waals surface area contributed by atoms with Crippen LogP contribution in [-0.2, 0) is 11.2 Å². The number of anilines is 1. The summed E-state index contributed by atoms with van der Waals surface area (Å²) in [5.41, 5.74) is 2.10. The molecule has 0 aliphatic carbocycles. The van der Waals surface area contributed by atoms with Gasteiger partial charge in [-0.05, 0) is 17.7 Å². The number of fused-ring (bicyclic) bond motifs is 1. The fraction of sp³-hybridized carbons (Fsp3) is 0.167. The van der Waals surface area contributed by atoms with E-state index in [1.807, 2.05) is 0 Å². The number of hydrogen-bond acceptors (Lipinski definition) is 2. The second-order valence-corrected chi connectivity index (χ2v) is 4.33. The third-order valence-electron chi connectivity index (χ3n) is 2.44. The highest BCUT2D eigenvalue weighted by Crippen LogP contribution is 2.23. The molecule has 0 atom stereocenters.